The van der Waals surface area contributed by atoms with Crippen molar-refractivity contribution in [2.45, 2.75) is 39.7 Å². The topological polar surface area (TPSA) is 58.4 Å². The highest BCUT2D eigenvalue weighted by Crippen LogP contribution is 2.01. The Morgan fingerprint density at radius 3 is 2.50 bits per heavy atom. The van der Waals surface area contributed by atoms with Crippen LogP contribution in [-0.4, -0.2) is 41.5 Å². The molecular weight excluding hydrogens is 222 g/mol. The van der Waals surface area contributed by atoms with Crippen molar-refractivity contribution in [3.63, 3.8) is 0 Å². The number of nitrogens with two attached hydrogens (primary N) is 1. The lowest BCUT2D eigenvalue weighted by Gasteiger charge is -2.27. The van der Waals surface area contributed by atoms with E-state index in [1.54, 1.807) is 0 Å². The molecule has 0 saturated heterocycles. The second-order valence-corrected chi connectivity index (χ2v) is 4.43. The summed E-state index contributed by atoms with van der Waals surface area (Å²) in [6, 6.07) is -0.173. The molecule has 0 aromatic heterocycles. The van der Waals surface area contributed by atoms with Crippen molar-refractivity contribution in [3.05, 3.63) is 0 Å². The lowest BCUT2D eigenvalue weighted by Crippen LogP contribution is -2.48. The summed E-state index contributed by atoms with van der Waals surface area (Å²) >= 11 is 4.88. The molecule has 94 valence electrons. The third-order valence-corrected chi connectivity index (χ3v) is 2.48. The number of thiocarbonyl (C=S) groups is 1. The lowest BCUT2D eigenvalue weighted by atomic mass is 10.2. The summed E-state index contributed by atoms with van der Waals surface area (Å²) in [6.45, 7) is 8.05. The van der Waals surface area contributed by atoms with Gasteiger partial charge in [-0.05, 0) is 26.3 Å². The first kappa shape index (κ1) is 15.3. The number of rotatable bonds is 8. The third kappa shape index (κ3) is 6.02. The minimum atomic E-state index is -0.173. The molecule has 0 heterocycles. The fourth-order valence-electron chi connectivity index (χ4n) is 1.46. The SMILES string of the molecule is CCCNC(=O)C(C)N(CCC)CC(N)=S. The summed E-state index contributed by atoms with van der Waals surface area (Å²) in [5, 5.41) is 2.88. The van der Waals surface area contributed by atoms with E-state index < -0.39 is 0 Å². The normalized spacial score (nSPS) is 12.5. The molecule has 0 fully saturated rings. The van der Waals surface area contributed by atoms with E-state index >= 15 is 0 Å². The number of nitrogens with zero attached hydrogens (tertiary/aromatic N) is 1. The van der Waals surface area contributed by atoms with Crippen LogP contribution in [-0.2, 0) is 4.79 Å². The molecule has 4 nitrogen and oxygen atoms in total. The molecule has 1 amide bonds. The zero-order chi connectivity index (χ0) is 12.6. The first-order valence-corrected chi connectivity index (χ1v) is 6.23. The van der Waals surface area contributed by atoms with Gasteiger partial charge >= 0.3 is 0 Å². The van der Waals surface area contributed by atoms with E-state index in [0.29, 0.717) is 11.5 Å². The molecule has 0 spiro atoms. The smallest absolute Gasteiger partial charge is 0.237 e. The molecule has 16 heavy (non-hydrogen) atoms. The highest BCUT2D eigenvalue weighted by atomic mass is 32.1. The molecule has 0 aromatic rings. The Hall–Kier alpha value is -0.680. The Morgan fingerprint density at radius 2 is 2.06 bits per heavy atom. The van der Waals surface area contributed by atoms with E-state index in [4.69, 9.17) is 18.0 Å². The van der Waals surface area contributed by atoms with Crippen LogP contribution >= 0.6 is 12.2 Å². The van der Waals surface area contributed by atoms with Crippen LogP contribution in [0.4, 0.5) is 0 Å². The predicted octanol–water partition coefficient (Wildman–Crippen LogP) is 0.899. The second-order valence-electron chi connectivity index (χ2n) is 3.90. The van der Waals surface area contributed by atoms with E-state index in [1.165, 1.54) is 0 Å². The maximum Gasteiger partial charge on any atom is 0.237 e. The predicted molar refractivity (Wildman–Crippen MR) is 71.4 cm³/mol. The van der Waals surface area contributed by atoms with Crippen LogP contribution in [0.15, 0.2) is 0 Å². The molecule has 3 N–H and O–H groups in total. The monoisotopic (exact) mass is 245 g/mol. The number of amides is 1. The Bertz CT molecular complexity index is 233. The molecule has 0 aliphatic rings. The number of nitrogens with one attached hydrogen (secondary N) is 1. The van der Waals surface area contributed by atoms with Gasteiger partial charge in [0.1, 0.15) is 0 Å². The van der Waals surface area contributed by atoms with E-state index in [0.717, 1.165) is 25.9 Å². The lowest BCUT2D eigenvalue weighted by molar-refractivity contribution is -0.125. The van der Waals surface area contributed by atoms with Crippen molar-refractivity contribution >= 4 is 23.1 Å². The summed E-state index contributed by atoms with van der Waals surface area (Å²) < 4.78 is 0. The quantitative estimate of drug-likeness (QED) is 0.624. The van der Waals surface area contributed by atoms with E-state index in [-0.39, 0.29) is 11.9 Å². The van der Waals surface area contributed by atoms with Crippen LogP contribution in [0.3, 0.4) is 0 Å². The maximum absolute atomic E-state index is 11.8. The number of carbonyl (C=O) groups excluding carboxylic acids is 1. The molecule has 0 aromatic carbocycles. The van der Waals surface area contributed by atoms with Crippen LogP contribution in [0, 0.1) is 0 Å². The van der Waals surface area contributed by atoms with Gasteiger partial charge in [-0.2, -0.15) is 0 Å². The van der Waals surface area contributed by atoms with Crippen molar-refractivity contribution < 1.29 is 4.79 Å². The molecule has 0 rings (SSSR count). The highest BCUT2D eigenvalue weighted by molar-refractivity contribution is 7.80. The van der Waals surface area contributed by atoms with Crippen molar-refractivity contribution in [1.29, 1.82) is 0 Å². The molecule has 1 unspecified atom stereocenters. The minimum absolute atomic E-state index is 0.0477. The van der Waals surface area contributed by atoms with Gasteiger partial charge in [0, 0.05) is 13.1 Å². The van der Waals surface area contributed by atoms with Crippen molar-refractivity contribution in [2.75, 3.05) is 19.6 Å². The average molecular weight is 245 g/mol. The number of hydrogen-bond donors (Lipinski definition) is 2. The average Bonchev–Trinajstić information content (AvgIpc) is 2.23. The molecular formula is C11H23N3OS. The van der Waals surface area contributed by atoms with Gasteiger partial charge in [-0.1, -0.05) is 26.1 Å². The maximum atomic E-state index is 11.8. The Balaban J connectivity index is 4.28. The van der Waals surface area contributed by atoms with Crippen molar-refractivity contribution in [3.8, 4) is 0 Å². The van der Waals surface area contributed by atoms with E-state index in [9.17, 15) is 4.79 Å². The van der Waals surface area contributed by atoms with Crippen molar-refractivity contribution in [1.82, 2.24) is 10.2 Å². The molecule has 5 heteroatoms. The Morgan fingerprint density at radius 1 is 1.44 bits per heavy atom. The number of carbonyl (C=O) groups is 1. The summed E-state index contributed by atoms with van der Waals surface area (Å²) in [5.41, 5.74) is 5.52. The first-order chi connectivity index (χ1) is 7.52. The van der Waals surface area contributed by atoms with Gasteiger partial charge in [-0.3, -0.25) is 9.69 Å². The largest absolute Gasteiger partial charge is 0.392 e. The van der Waals surface area contributed by atoms with Crippen LogP contribution in [0.2, 0.25) is 0 Å². The standard InChI is InChI=1S/C11H23N3OS/c1-4-6-13-11(15)9(3)14(7-5-2)8-10(12)16/h9H,4-8H2,1-3H3,(H2,12,16)(H,13,15). The fourth-order valence-corrected chi connectivity index (χ4v) is 1.62. The second kappa shape index (κ2) is 8.47. The van der Waals surface area contributed by atoms with Crippen LogP contribution in [0.1, 0.15) is 33.6 Å². The Labute approximate surface area is 104 Å². The molecule has 0 aliphatic heterocycles. The molecule has 0 bridgehead atoms. The zero-order valence-corrected chi connectivity index (χ0v) is 11.3. The van der Waals surface area contributed by atoms with Gasteiger partial charge in [0.15, 0.2) is 0 Å². The summed E-state index contributed by atoms with van der Waals surface area (Å²) in [7, 11) is 0. The van der Waals surface area contributed by atoms with Gasteiger partial charge in [0.05, 0.1) is 11.0 Å². The van der Waals surface area contributed by atoms with Crippen LogP contribution in [0.25, 0.3) is 0 Å². The van der Waals surface area contributed by atoms with Crippen molar-refractivity contribution in [2.24, 2.45) is 5.73 Å². The minimum Gasteiger partial charge on any atom is -0.392 e. The highest BCUT2D eigenvalue weighted by Gasteiger charge is 2.20. The number of hydrogen-bond acceptors (Lipinski definition) is 3. The van der Waals surface area contributed by atoms with Crippen LogP contribution < -0.4 is 11.1 Å². The first-order valence-electron chi connectivity index (χ1n) is 5.82. The van der Waals surface area contributed by atoms with E-state index in [2.05, 4.69) is 12.2 Å². The summed E-state index contributed by atoms with van der Waals surface area (Å²) in [4.78, 5) is 14.2. The van der Waals surface area contributed by atoms with Gasteiger partial charge < -0.3 is 11.1 Å². The van der Waals surface area contributed by atoms with Gasteiger partial charge in [0.2, 0.25) is 5.91 Å². The fraction of sp³-hybridized carbons (Fsp3) is 0.818. The molecule has 0 aliphatic carbocycles. The summed E-state index contributed by atoms with van der Waals surface area (Å²) in [6.07, 6.45) is 1.93. The van der Waals surface area contributed by atoms with Gasteiger partial charge in [-0.15, -0.1) is 0 Å². The van der Waals surface area contributed by atoms with Crippen LogP contribution in [0.5, 0.6) is 0 Å². The van der Waals surface area contributed by atoms with E-state index in [1.807, 2.05) is 18.7 Å². The summed E-state index contributed by atoms with van der Waals surface area (Å²) in [5.74, 6) is 0.0477. The molecule has 0 saturated carbocycles. The van der Waals surface area contributed by atoms with Gasteiger partial charge in [-0.25, -0.2) is 0 Å². The molecule has 1 atom stereocenters. The zero-order valence-electron chi connectivity index (χ0n) is 10.5. The Kier molecular flexibility index (Phi) is 8.11. The van der Waals surface area contributed by atoms with Gasteiger partial charge in [0.25, 0.3) is 0 Å². The third-order valence-electron chi connectivity index (χ3n) is 2.35. The molecule has 0 radical (unpaired) electrons.